The van der Waals surface area contributed by atoms with Gasteiger partial charge in [-0.25, -0.2) is 4.98 Å². The molecule has 1 unspecified atom stereocenters. The molecular weight excluding hydrogens is 364 g/mol. The molecule has 3 aromatic rings. The minimum Gasteiger partial charge on any atom is -0.344 e. The topological polar surface area (TPSA) is 79.3 Å². The van der Waals surface area contributed by atoms with Crippen molar-refractivity contribution in [1.29, 1.82) is 0 Å². The second-order valence-electron chi connectivity index (χ2n) is 7.43. The van der Waals surface area contributed by atoms with E-state index in [4.69, 9.17) is 0 Å². The molecule has 29 heavy (non-hydrogen) atoms. The average molecular weight is 394 g/mol. The van der Waals surface area contributed by atoms with E-state index in [1.807, 2.05) is 25.1 Å². The Kier molecular flexibility index (Phi) is 6.77. The molecule has 1 heterocycles. The van der Waals surface area contributed by atoms with E-state index >= 15 is 0 Å². The number of nitrogens with zero attached hydrogens (tertiary/aromatic N) is 1. The SMILES string of the molecule is CC[C@@H](NC(=O)C[NH+](CC)Cc1nc2ccccc2c(=O)[nH]1)c1ccc(C)cc1. The number of amides is 1. The Labute approximate surface area is 171 Å². The lowest BCUT2D eigenvalue weighted by atomic mass is 10.0. The largest absolute Gasteiger partial charge is 0.344 e. The van der Waals surface area contributed by atoms with Crippen LogP contribution in [0.1, 0.15) is 43.3 Å². The van der Waals surface area contributed by atoms with Gasteiger partial charge in [0.15, 0.2) is 12.4 Å². The van der Waals surface area contributed by atoms with Crippen molar-refractivity contribution in [2.24, 2.45) is 0 Å². The fourth-order valence-corrected chi connectivity index (χ4v) is 3.46. The van der Waals surface area contributed by atoms with Crippen LogP contribution in [0.5, 0.6) is 0 Å². The zero-order valence-electron chi connectivity index (χ0n) is 17.3. The van der Waals surface area contributed by atoms with Gasteiger partial charge in [0.25, 0.3) is 11.5 Å². The fourth-order valence-electron chi connectivity index (χ4n) is 3.46. The predicted octanol–water partition coefficient (Wildman–Crippen LogP) is 1.90. The summed E-state index contributed by atoms with van der Waals surface area (Å²) in [6.07, 6.45) is 0.829. The van der Waals surface area contributed by atoms with Gasteiger partial charge in [0.05, 0.1) is 23.5 Å². The van der Waals surface area contributed by atoms with Gasteiger partial charge in [0.1, 0.15) is 6.54 Å². The Morgan fingerprint density at radius 1 is 1.14 bits per heavy atom. The van der Waals surface area contributed by atoms with Crippen LogP contribution in [0.15, 0.2) is 53.3 Å². The number of benzene rings is 2. The van der Waals surface area contributed by atoms with Gasteiger partial charge in [0.2, 0.25) is 0 Å². The summed E-state index contributed by atoms with van der Waals surface area (Å²) >= 11 is 0. The zero-order valence-corrected chi connectivity index (χ0v) is 17.3. The number of likely N-dealkylation sites (N-methyl/N-ethyl adjacent to an activating group) is 1. The number of aryl methyl sites for hydroxylation is 1. The van der Waals surface area contributed by atoms with E-state index in [0.717, 1.165) is 23.4 Å². The summed E-state index contributed by atoms with van der Waals surface area (Å²) in [5.74, 6) is 0.598. The molecule has 0 radical (unpaired) electrons. The van der Waals surface area contributed by atoms with Gasteiger partial charge in [-0.15, -0.1) is 0 Å². The molecule has 0 aliphatic carbocycles. The number of nitrogens with one attached hydrogen (secondary N) is 3. The highest BCUT2D eigenvalue weighted by Crippen LogP contribution is 2.16. The maximum atomic E-state index is 12.7. The Hall–Kier alpha value is -2.99. The van der Waals surface area contributed by atoms with E-state index in [2.05, 4.69) is 53.4 Å². The fraction of sp³-hybridized carbons (Fsp3) is 0.348. The zero-order chi connectivity index (χ0) is 20.8. The van der Waals surface area contributed by atoms with Crippen molar-refractivity contribution in [3.05, 3.63) is 75.8 Å². The van der Waals surface area contributed by atoms with Gasteiger partial charge in [-0.1, -0.05) is 48.9 Å². The van der Waals surface area contributed by atoms with E-state index in [0.29, 0.717) is 29.8 Å². The number of quaternary nitrogens is 1. The number of para-hydroxylation sites is 1. The number of hydrogen-bond acceptors (Lipinski definition) is 3. The van der Waals surface area contributed by atoms with Gasteiger partial charge in [0, 0.05) is 0 Å². The molecule has 0 saturated carbocycles. The average Bonchev–Trinajstić information content (AvgIpc) is 2.72. The Morgan fingerprint density at radius 3 is 2.55 bits per heavy atom. The molecule has 2 atom stereocenters. The van der Waals surface area contributed by atoms with Crippen molar-refractivity contribution in [2.75, 3.05) is 13.1 Å². The molecule has 0 saturated heterocycles. The van der Waals surface area contributed by atoms with E-state index in [1.54, 1.807) is 6.07 Å². The maximum absolute atomic E-state index is 12.7. The van der Waals surface area contributed by atoms with Crippen LogP contribution in [0, 0.1) is 6.92 Å². The lowest BCUT2D eigenvalue weighted by Crippen LogP contribution is -3.11. The van der Waals surface area contributed by atoms with Crippen LogP contribution in [0.2, 0.25) is 0 Å². The molecule has 0 fully saturated rings. The lowest BCUT2D eigenvalue weighted by Gasteiger charge is -2.21. The molecule has 0 aliphatic rings. The highest BCUT2D eigenvalue weighted by atomic mass is 16.2. The molecule has 2 aromatic carbocycles. The molecule has 1 aromatic heterocycles. The number of aromatic nitrogens is 2. The molecule has 0 aliphatic heterocycles. The van der Waals surface area contributed by atoms with Crippen molar-refractivity contribution in [1.82, 2.24) is 15.3 Å². The number of fused-ring (bicyclic) bond motifs is 1. The minimum absolute atomic E-state index is 0.000179. The predicted molar refractivity (Wildman–Crippen MR) is 115 cm³/mol. The van der Waals surface area contributed by atoms with Crippen molar-refractivity contribution in [3.63, 3.8) is 0 Å². The van der Waals surface area contributed by atoms with Crippen LogP contribution < -0.4 is 15.8 Å². The first-order chi connectivity index (χ1) is 14.0. The normalized spacial score (nSPS) is 13.2. The number of aromatic amines is 1. The molecule has 0 spiro atoms. The molecule has 3 N–H and O–H groups in total. The van der Waals surface area contributed by atoms with E-state index in [-0.39, 0.29) is 17.5 Å². The molecular formula is C23H29N4O2+. The molecule has 6 nitrogen and oxygen atoms in total. The summed E-state index contributed by atoms with van der Waals surface area (Å²) in [4.78, 5) is 33.4. The summed E-state index contributed by atoms with van der Waals surface area (Å²) in [6.45, 7) is 7.72. The lowest BCUT2D eigenvalue weighted by molar-refractivity contribution is -0.904. The Morgan fingerprint density at radius 2 is 1.86 bits per heavy atom. The number of rotatable bonds is 8. The first-order valence-corrected chi connectivity index (χ1v) is 10.2. The molecule has 152 valence electrons. The summed E-state index contributed by atoms with van der Waals surface area (Å²) in [6, 6.07) is 15.6. The van der Waals surface area contributed by atoms with Gasteiger partial charge in [-0.3, -0.25) is 9.59 Å². The van der Waals surface area contributed by atoms with E-state index < -0.39 is 0 Å². The van der Waals surface area contributed by atoms with E-state index in [1.165, 1.54) is 5.56 Å². The van der Waals surface area contributed by atoms with Gasteiger partial charge in [-0.2, -0.15) is 0 Å². The van der Waals surface area contributed by atoms with Crippen molar-refractivity contribution < 1.29 is 9.69 Å². The third kappa shape index (κ3) is 5.29. The van der Waals surface area contributed by atoms with Gasteiger partial charge in [-0.05, 0) is 38.0 Å². The van der Waals surface area contributed by atoms with Crippen LogP contribution in [-0.4, -0.2) is 29.0 Å². The quantitative estimate of drug-likeness (QED) is 0.547. The number of carbonyl (C=O) groups excluding carboxylic acids is 1. The second kappa shape index (κ2) is 9.47. The first kappa shape index (κ1) is 20.7. The van der Waals surface area contributed by atoms with Crippen LogP contribution in [-0.2, 0) is 11.3 Å². The summed E-state index contributed by atoms with van der Waals surface area (Å²) in [7, 11) is 0. The second-order valence-corrected chi connectivity index (χ2v) is 7.43. The number of H-pyrrole nitrogens is 1. The third-order valence-corrected chi connectivity index (χ3v) is 5.21. The third-order valence-electron chi connectivity index (χ3n) is 5.21. The van der Waals surface area contributed by atoms with Gasteiger partial charge >= 0.3 is 0 Å². The molecule has 6 heteroatoms. The summed E-state index contributed by atoms with van der Waals surface area (Å²) < 4.78 is 0. The van der Waals surface area contributed by atoms with Crippen molar-refractivity contribution >= 4 is 16.8 Å². The van der Waals surface area contributed by atoms with Crippen LogP contribution in [0.3, 0.4) is 0 Å². The number of hydrogen-bond donors (Lipinski definition) is 3. The van der Waals surface area contributed by atoms with Gasteiger partial charge < -0.3 is 15.2 Å². The molecule has 3 rings (SSSR count). The monoisotopic (exact) mass is 393 g/mol. The van der Waals surface area contributed by atoms with E-state index in [9.17, 15) is 9.59 Å². The van der Waals surface area contributed by atoms with Crippen LogP contribution in [0.25, 0.3) is 10.9 Å². The molecule has 1 amide bonds. The highest BCUT2D eigenvalue weighted by Gasteiger charge is 2.18. The Balaban J connectivity index is 1.66. The van der Waals surface area contributed by atoms with Crippen LogP contribution >= 0.6 is 0 Å². The van der Waals surface area contributed by atoms with Crippen LogP contribution in [0.4, 0.5) is 0 Å². The van der Waals surface area contributed by atoms with Crippen molar-refractivity contribution in [3.8, 4) is 0 Å². The Bertz CT molecular complexity index is 1030. The standard InChI is InChI=1S/C23H28N4O2/c1-4-19(17-12-10-16(3)11-13-17)25-22(28)15-27(5-2)14-21-24-20-9-7-6-8-18(20)23(29)26-21/h6-13,19H,4-5,14-15H2,1-3H3,(H,25,28)(H,24,26,29)/p+1/t19-/m1/s1. The smallest absolute Gasteiger partial charge is 0.275 e. The minimum atomic E-state index is -0.143. The summed E-state index contributed by atoms with van der Waals surface area (Å²) in [5.41, 5.74) is 2.85. The van der Waals surface area contributed by atoms with Crippen molar-refractivity contribution in [2.45, 2.75) is 39.8 Å². The first-order valence-electron chi connectivity index (χ1n) is 10.2. The molecule has 0 bridgehead atoms. The number of carbonyl (C=O) groups is 1. The highest BCUT2D eigenvalue weighted by molar-refractivity contribution is 5.77. The summed E-state index contributed by atoms with van der Waals surface area (Å²) in [5, 5.41) is 3.72. The maximum Gasteiger partial charge on any atom is 0.275 e.